The Kier molecular flexibility index (Phi) is 9.79. The van der Waals surface area contributed by atoms with Crippen molar-refractivity contribution < 1.29 is 27.9 Å². The van der Waals surface area contributed by atoms with Crippen molar-refractivity contribution in [2.45, 2.75) is 50.4 Å². The summed E-state index contributed by atoms with van der Waals surface area (Å²) in [5, 5.41) is 31.5. The molecule has 1 aromatic rings. The van der Waals surface area contributed by atoms with Crippen LogP contribution in [0.5, 0.6) is 0 Å². The van der Waals surface area contributed by atoms with Crippen molar-refractivity contribution in [3.05, 3.63) is 35.4 Å². The van der Waals surface area contributed by atoms with Crippen molar-refractivity contribution in [1.29, 1.82) is 10.5 Å². The van der Waals surface area contributed by atoms with Gasteiger partial charge in [-0.1, -0.05) is 12.1 Å². The minimum Gasteiger partial charge on any atom is -0.475 e. The molecule has 1 saturated carbocycles. The van der Waals surface area contributed by atoms with Gasteiger partial charge in [-0.05, 0) is 56.8 Å². The molecule has 0 heterocycles. The topological polar surface area (TPSA) is 126 Å². The first-order valence-corrected chi connectivity index (χ1v) is 9.27. The molecule has 7 nitrogen and oxygen atoms in total. The standard InChI is InChI=1S/C18H22N4O.C2HF3O2/c1-21-16-6-8-17(9-7-16)22-18(23)15(12-20)10-13-2-4-14(11-19)5-3-13;3-2(4,5)1(6)7/h2-5,15-17,21H,6-10H2,1H3,(H,22,23);(H,6,7). The summed E-state index contributed by atoms with van der Waals surface area (Å²) >= 11 is 0. The fourth-order valence-electron chi connectivity index (χ4n) is 2.98. The lowest BCUT2D eigenvalue weighted by Gasteiger charge is -2.29. The Hall–Kier alpha value is -3.11. The van der Waals surface area contributed by atoms with E-state index in [9.17, 15) is 23.2 Å². The first-order valence-electron chi connectivity index (χ1n) is 9.27. The van der Waals surface area contributed by atoms with Gasteiger partial charge in [-0.25, -0.2) is 4.79 Å². The Balaban J connectivity index is 0.000000553. The van der Waals surface area contributed by atoms with E-state index in [1.54, 1.807) is 24.3 Å². The monoisotopic (exact) mass is 424 g/mol. The number of carbonyl (C=O) groups is 2. The van der Waals surface area contributed by atoms with E-state index in [1.807, 2.05) is 7.05 Å². The van der Waals surface area contributed by atoms with Gasteiger partial charge in [0.1, 0.15) is 5.92 Å². The lowest BCUT2D eigenvalue weighted by Crippen LogP contribution is -2.43. The van der Waals surface area contributed by atoms with Crippen LogP contribution in [0.15, 0.2) is 24.3 Å². The van der Waals surface area contributed by atoms with Crippen LogP contribution in [0.2, 0.25) is 0 Å². The minimum atomic E-state index is -5.08. The predicted molar refractivity (Wildman–Crippen MR) is 101 cm³/mol. The van der Waals surface area contributed by atoms with Crippen LogP contribution in [0.3, 0.4) is 0 Å². The van der Waals surface area contributed by atoms with E-state index in [0.29, 0.717) is 18.0 Å². The molecular formula is C20H23F3N4O3. The van der Waals surface area contributed by atoms with Crippen LogP contribution in [-0.2, 0) is 16.0 Å². The van der Waals surface area contributed by atoms with E-state index in [0.717, 1.165) is 31.2 Å². The van der Waals surface area contributed by atoms with Gasteiger partial charge in [0.15, 0.2) is 0 Å². The molecule has 0 spiro atoms. The molecular weight excluding hydrogens is 401 g/mol. The highest BCUT2D eigenvalue weighted by atomic mass is 19.4. The zero-order chi connectivity index (χ0) is 22.7. The molecule has 1 fully saturated rings. The Bertz CT molecular complexity index is 789. The third kappa shape index (κ3) is 8.50. The summed E-state index contributed by atoms with van der Waals surface area (Å²) < 4.78 is 31.7. The van der Waals surface area contributed by atoms with Crippen LogP contribution in [0.4, 0.5) is 13.2 Å². The molecule has 1 atom stereocenters. The SMILES string of the molecule is CNC1CCC(NC(=O)C(C#N)Cc2ccc(C#N)cc2)CC1.O=C(O)C(F)(F)F. The zero-order valence-electron chi connectivity index (χ0n) is 16.4. The van der Waals surface area contributed by atoms with Gasteiger partial charge in [-0.2, -0.15) is 23.7 Å². The number of nitrogens with zero attached hydrogens (tertiary/aromatic N) is 2. The second-order valence-corrected chi connectivity index (χ2v) is 6.84. The molecule has 0 aliphatic heterocycles. The van der Waals surface area contributed by atoms with Crippen molar-refractivity contribution >= 4 is 11.9 Å². The average Bonchev–Trinajstić information content (AvgIpc) is 2.72. The van der Waals surface area contributed by atoms with E-state index >= 15 is 0 Å². The van der Waals surface area contributed by atoms with Crippen LogP contribution in [0, 0.1) is 28.6 Å². The highest BCUT2D eigenvalue weighted by molar-refractivity contribution is 5.81. The average molecular weight is 424 g/mol. The first kappa shape index (κ1) is 24.9. The molecule has 3 N–H and O–H groups in total. The molecule has 1 aliphatic rings. The summed E-state index contributed by atoms with van der Waals surface area (Å²) in [5.41, 5.74) is 1.47. The molecule has 10 heteroatoms. The van der Waals surface area contributed by atoms with E-state index < -0.39 is 18.1 Å². The Morgan fingerprint density at radius 2 is 1.63 bits per heavy atom. The number of rotatable bonds is 5. The predicted octanol–water partition coefficient (Wildman–Crippen LogP) is 2.52. The number of benzene rings is 1. The van der Waals surface area contributed by atoms with Crippen LogP contribution in [0.25, 0.3) is 0 Å². The normalized spacial score (nSPS) is 19.3. The maximum atomic E-state index is 12.3. The highest BCUT2D eigenvalue weighted by Gasteiger charge is 2.38. The largest absolute Gasteiger partial charge is 0.490 e. The van der Waals surface area contributed by atoms with Crippen molar-refractivity contribution in [1.82, 2.24) is 10.6 Å². The van der Waals surface area contributed by atoms with Gasteiger partial charge < -0.3 is 15.7 Å². The van der Waals surface area contributed by atoms with E-state index in [2.05, 4.69) is 22.8 Å². The Labute approximate surface area is 172 Å². The maximum absolute atomic E-state index is 12.3. The number of carbonyl (C=O) groups excluding carboxylic acids is 1. The summed E-state index contributed by atoms with van der Waals surface area (Å²) in [6, 6.07) is 11.9. The quantitative estimate of drug-likeness (QED) is 0.667. The van der Waals surface area contributed by atoms with Crippen LogP contribution in [-0.4, -0.2) is 42.3 Å². The summed E-state index contributed by atoms with van der Waals surface area (Å²) in [6.45, 7) is 0. The van der Waals surface area contributed by atoms with Gasteiger partial charge in [0.25, 0.3) is 0 Å². The molecule has 1 amide bonds. The smallest absolute Gasteiger partial charge is 0.475 e. The third-order valence-corrected chi connectivity index (χ3v) is 4.72. The van der Waals surface area contributed by atoms with Gasteiger partial charge in [0.2, 0.25) is 5.91 Å². The first-order chi connectivity index (χ1) is 14.1. The number of carboxylic acid groups (broad SMARTS) is 1. The van der Waals surface area contributed by atoms with E-state index in [-0.39, 0.29) is 11.9 Å². The number of amides is 1. The van der Waals surface area contributed by atoms with Gasteiger partial charge in [0.05, 0.1) is 17.7 Å². The second kappa shape index (κ2) is 11.8. The molecule has 0 aromatic heterocycles. The fraction of sp³-hybridized carbons (Fsp3) is 0.500. The summed E-state index contributed by atoms with van der Waals surface area (Å²) in [6.07, 6.45) is -0.707. The highest BCUT2D eigenvalue weighted by Crippen LogP contribution is 2.19. The zero-order valence-corrected chi connectivity index (χ0v) is 16.4. The number of alkyl halides is 3. The second-order valence-electron chi connectivity index (χ2n) is 6.84. The van der Waals surface area contributed by atoms with E-state index in [1.165, 1.54) is 0 Å². The molecule has 1 unspecified atom stereocenters. The fourth-order valence-corrected chi connectivity index (χ4v) is 2.98. The minimum absolute atomic E-state index is 0.170. The maximum Gasteiger partial charge on any atom is 0.490 e. The molecule has 0 radical (unpaired) electrons. The van der Waals surface area contributed by atoms with Crippen molar-refractivity contribution in [3.63, 3.8) is 0 Å². The molecule has 0 bridgehead atoms. The lowest BCUT2D eigenvalue weighted by atomic mass is 9.90. The number of hydrogen-bond donors (Lipinski definition) is 3. The van der Waals surface area contributed by atoms with Gasteiger partial charge in [0, 0.05) is 12.1 Å². The van der Waals surface area contributed by atoms with Gasteiger partial charge >= 0.3 is 12.1 Å². The van der Waals surface area contributed by atoms with Gasteiger partial charge in [-0.15, -0.1) is 0 Å². The van der Waals surface area contributed by atoms with Crippen LogP contribution < -0.4 is 10.6 Å². The Morgan fingerprint density at radius 1 is 1.13 bits per heavy atom. The molecule has 2 rings (SSSR count). The van der Waals surface area contributed by atoms with Crippen molar-refractivity contribution in [2.75, 3.05) is 7.05 Å². The summed E-state index contributed by atoms with van der Waals surface area (Å²) in [5.74, 6) is -3.64. The van der Waals surface area contributed by atoms with E-state index in [4.69, 9.17) is 15.2 Å². The van der Waals surface area contributed by atoms with Crippen LogP contribution >= 0.6 is 0 Å². The molecule has 1 aromatic carbocycles. The number of nitriles is 2. The number of halogens is 3. The lowest BCUT2D eigenvalue weighted by molar-refractivity contribution is -0.192. The van der Waals surface area contributed by atoms with Crippen molar-refractivity contribution in [3.8, 4) is 12.1 Å². The third-order valence-electron chi connectivity index (χ3n) is 4.72. The number of hydrogen-bond acceptors (Lipinski definition) is 5. The number of nitrogens with one attached hydrogen (secondary N) is 2. The molecule has 162 valence electrons. The number of carboxylic acids is 1. The van der Waals surface area contributed by atoms with Crippen molar-refractivity contribution in [2.24, 2.45) is 5.92 Å². The number of aliphatic carboxylic acids is 1. The summed E-state index contributed by atoms with van der Waals surface area (Å²) in [4.78, 5) is 21.2. The Morgan fingerprint density at radius 3 is 2.03 bits per heavy atom. The summed E-state index contributed by atoms with van der Waals surface area (Å²) in [7, 11) is 1.97. The van der Waals surface area contributed by atoms with Crippen LogP contribution in [0.1, 0.15) is 36.8 Å². The van der Waals surface area contributed by atoms with Gasteiger partial charge in [-0.3, -0.25) is 4.79 Å². The molecule has 30 heavy (non-hydrogen) atoms. The molecule has 1 aliphatic carbocycles. The molecule has 0 saturated heterocycles.